The molecule has 0 saturated carbocycles. The number of nitrogens with one attached hydrogen (secondary N) is 1. The second-order valence-corrected chi connectivity index (χ2v) is 8.46. The Balaban J connectivity index is 1.62. The molecule has 0 aliphatic carbocycles. The van der Waals surface area contributed by atoms with Crippen LogP contribution in [0.4, 0.5) is 5.13 Å². The molecule has 1 fully saturated rings. The normalized spacial score (nSPS) is 14.7. The molecule has 1 aliphatic heterocycles. The van der Waals surface area contributed by atoms with Crippen LogP contribution in [0, 0.1) is 0 Å². The van der Waals surface area contributed by atoms with E-state index in [0.29, 0.717) is 12.1 Å². The Kier molecular flexibility index (Phi) is 6.62. The summed E-state index contributed by atoms with van der Waals surface area (Å²) in [4.78, 5) is 21.5. The van der Waals surface area contributed by atoms with E-state index in [1.54, 1.807) is 18.4 Å². The molecule has 1 saturated heterocycles. The molecule has 1 aromatic heterocycles. The molecule has 6 nitrogen and oxygen atoms in total. The van der Waals surface area contributed by atoms with E-state index in [-0.39, 0.29) is 5.91 Å². The highest BCUT2D eigenvalue weighted by atomic mass is 32.1. The van der Waals surface area contributed by atoms with Gasteiger partial charge in [-0.15, -0.1) is 0 Å². The monoisotopic (exact) mass is 426 g/mol. The van der Waals surface area contributed by atoms with Crippen LogP contribution < -0.4 is 14.5 Å². The fourth-order valence-electron chi connectivity index (χ4n) is 3.65. The Hall–Kier alpha value is -2.48. The average Bonchev–Trinajstić information content (AvgIpc) is 3.22. The van der Waals surface area contributed by atoms with Gasteiger partial charge in [0, 0.05) is 5.56 Å². The van der Waals surface area contributed by atoms with Crippen molar-refractivity contribution in [2.45, 2.75) is 13.3 Å². The molecule has 2 aromatic carbocycles. The molecular formula is C23H28N3O3S+. The van der Waals surface area contributed by atoms with Crippen molar-refractivity contribution in [1.82, 2.24) is 4.98 Å². The zero-order valence-electron chi connectivity index (χ0n) is 17.5. The van der Waals surface area contributed by atoms with Gasteiger partial charge in [-0.1, -0.05) is 24.3 Å². The van der Waals surface area contributed by atoms with Crippen molar-refractivity contribution in [3.05, 3.63) is 53.6 Å². The van der Waals surface area contributed by atoms with Crippen LogP contribution in [0.5, 0.6) is 5.75 Å². The third kappa shape index (κ3) is 4.64. The van der Waals surface area contributed by atoms with Crippen LogP contribution in [0.25, 0.3) is 10.2 Å². The summed E-state index contributed by atoms with van der Waals surface area (Å²) in [5.41, 5.74) is 2.86. The smallest absolute Gasteiger partial charge is 0.260 e. The van der Waals surface area contributed by atoms with E-state index in [0.717, 1.165) is 60.4 Å². The molecule has 1 N–H and O–H groups in total. The fraction of sp³-hybridized carbons (Fsp3) is 0.391. The van der Waals surface area contributed by atoms with E-state index in [4.69, 9.17) is 14.5 Å². The number of hydrogen-bond donors (Lipinski definition) is 1. The van der Waals surface area contributed by atoms with Gasteiger partial charge in [-0.05, 0) is 48.4 Å². The Morgan fingerprint density at radius 2 is 1.97 bits per heavy atom. The summed E-state index contributed by atoms with van der Waals surface area (Å²) >= 11 is 1.59. The van der Waals surface area contributed by atoms with Crippen LogP contribution in [-0.2, 0) is 11.2 Å². The number of fused-ring (bicyclic) bond motifs is 1. The first kappa shape index (κ1) is 20.8. The van der Waals surface area contributed by atoms with Crippen molar-refractivity contribution < 1.29 is 19.2 Å². The highest BCUT2D eigenvalue weighted by molar-refractivity contribution is 7.22. The average molecular weight is 427 g/mol. The third-order valence-electron chi connectivity index (χ3n) is 5.55. The van der Waals surface area contributed by atoms with Crippen molar-refractivity contribution in [3.8, 4) is 5.75 Å². The lowest BCUT2D eigenvalue weighted by atomic mass is 10.2. The van der Waals surface area contributed by atoms with Gasteiger partial charge in [-0.2, -0.15) is 0 Å². The largest absolute Gasteiger partial charge is 0.497 e. The van der Waals surface area contributed by atoms with E-state index >= 15 is 0 Å². The number of amides is 1. The maximum atomic E-state index is 13.4. The highest BCUT2D eigenvalue weighted by Crippen LogP contribution is 2.30. The van der Waals surface area contributed by atoms with Crippen LogP contribution in [0.2, 0.25) is 0 Å². The number of methoxy groups -OCH3 is 1. The van der Waals surface area contributed by atoms with Gasteiger partial charge in [-0.25, -0.2) is 4.98 Å². The lowest BCUT2D eigenvalue weighted by Gasteiger charge is -2.27. The van der Waals surface area contributed by atoms with Crippen molar-refractivity contribution in [1.29, 1.82) is 0 Å². The molecule has 0 unspecified atom stereocenters. The van der Waals surface area contributed by atoms with Gasteiger partial charge < -0.3 is 14.4 Å². The molecule has 7 heteroatoms. The van der Waals surface area contributed by atoms with Crippen LogP contribution in [0.15, 0.2) is 42.5 Å². The predicted molar refractivity (Wildman–Crippen MR) is 120 cm³/mol. The van der Waals surface area contributed by atoms with Crippen LogP contribution in [0.1, 0.15) is 22.8 Å². The number of quaternary nitrogens is 1. The molecule has 0 spiro atoms. The molecular weight excluding hydrogens is 398 g/mol. The maximum absolute atomic E-state index is 13.4. The summed E-state index contributed by atoms with van der Waals surface area (Å²) in [5, 5.41) is 0.756. The molecule has 3 aromatic rings. The standard InChI is InChI=1S/C23H27N3O3S/c1-3-17-4-9-20-21(16-17)30-23(24-20)26(11-10-25-12-14-29-15-13-25)22(27)18-5-7-19(28-2)8-6-18/h4-9,16H,3,10-15H2,1-2H3/p+1. The summed E-state index contributed by atoms with van der Waals surface area (Å²) in [5.74, 6) is 0.711. The van der Waals surface area contributed by atoms with E-state index < -0.39 is 0 Å². The Morgan fingerprint density at radius 3 is 2.67 bits per heavy atom. The molecule has 158 valence electrons. The number of hydrogen-bond acceptors (Lipinski definition) is 5. The maximum Gasteiger partial charge on any atom is 0.260 e. The molecule has 0 bridgehead atoms. The van der Waals surface area contributed by atoms with Crippen LogP contribution in [-0.4, -0.2) is 57.4 Å². The molecule has 0 atom stereocenters. The van der Waals surface area contributed by atoms with Crippen molar-refractivity contribution in [3.63, 3.8) is 0 Å². The molecule has 4 rings (SSSR count). The van der Waals surface area contributed by atoms with Gasteiger partial charge in [0.15, 0.2) is 5.13 Å². The number of aromatic nitrogens is 1. The fourth-order valence-corrected chi connectivity index (χ4v) is 4.70. The summed E-state index contributed by atoms with van der Waals surface area (Å²) in [6, 6.07) is 13.6. The first-order valence-corrected chi connectivity index (χ1v) is 11.3. The highest BCUT2D eigenvalue weighted by Gasteiger charge is 2.24. The Bertz CT molecular complexity index is 997. The van der Waals surface area contributed by atoms with Gasteiger partial charge >= 0.3 is 0 Å². The minimum Gasteiger partial charge on any atom is -0.497 e. The van der Waals surface area contributed by atoms with E-state index in [1.165, 1.54) is 10.5 Å². The van der Waals surface area contributed by atoms with Gasteiger partial charge in [0.05, 0.1) is 43.6 Å². The quantitative estimate of drug-likeness (QED) is 0.631. The van der Waals surface area contributed by atoms with Crippen molar-refractivity contribution >= 4 is 32.6 Å². The number of aryl methyl sites for hydroxylation is 1. The minimum absolute atomic E-state index is 0.0277. The lowest BCUT2D eigenvalue weighted by molar-refractivity contribution is -0.906. The van der Waals surface area contributed by atoms with Gasteiger partial charge in [0.1, 0.15) is 18.8 Å². The number of benzene rings is 2. The number of carbonyl (C=O) groups excluding carboxylic acids is 1. The number of morpholine rings is 1. The minimum atomic E-state index is -0.0277. The van der Waals surface area contributed by atoms with Crippen molar-refractivity contribution in [2.24, 2.45) is 0 Å². The zero-order chi connectivity index (χ0) is 20.9. The Labute approximate surface area is 181 Å². The first-order valence-electron chi connectivity index (χ1n) is 10.4. The summed E-state index contributed by atoms with van der Waals surface area (Å²) in [7, 11) is 1.62. The summed E-state index contributed by atoms with van der Waals surface area (Å²) in [6.45, 7) is 7.16. The first-order chi connectivity index (χ1) is 14.7. The Morgan fingerprint density at radius 1 is 1.20 bits per heavy atom. The van der Waals surface area contributed by atoms with Gasteiger partial charge in [0.2, 0.25) is 0 Å². The van der Waals surface area contributed by atoms with E-state index in [1.807, 2.05) is 29.2 Å². The topological polar surface area (TPSA) is 56.1 Å². The van der Waals surface area contributed by atoms with Crippen LogP contribution >= 0.6 is 11.3 Å². The molecule has 1 aliphatic rings. The number of rotatable bonds is 7. The van der Waals surface area contributed by atoms with Crippen molar-refractivity contribution in [2.75, 3.05) is 51.4 Å². The number of carbonyl (C=O) groups is 1. The molecule has 30 heavy (non-hydrogen) atoms. The second-order valence-electron chi connectivity index (χ2n) is 7.45. The zero-order valence-corrected chi connectivity index (χ0v) is 18.3. The SMILES string of the molecule is CCc1ccc2nc(N(CC[NH+]3CCOCC3)C(=O)c3ccc(OC)cc3)sc2c1. The lowest BCUT2D eigenvalue weighted by Crippen LogP contribution is -3.14. The van der Waals surface area contributed by atoms with E-state index in [9.17, 15) is 4.79 Å². The van der Waals surface area contributed by atoms with Crippen LogP contribution in [0.3, 0.4) is 0 Å². The van der Waals surface area contributed by atoms with Gasteiger partial charge in [-0.3, -0.25) is 9.69 Å². The van der Waals surface area contributed by atoms with Gasteiger partial charge in [0.25, 0.3) is 5.91 Å². The second kappa shape index (κ2) is 9.55. The number of ether oxygens (including phenoxy) is 2. The molecule has 2 heterocycles. The number of thiazole rings is 1. The number of nitrogens with zero attached hydrogens (tertiary/aromatic N) is 2. The summed E-state index contributed by atoms with van der Waals surface area (Å²) in [6.07, 6.45) is 0.984. The third-order valence-corrected chi connectivity index (χ3v) is 6.59. The summed E-state index contributed by atoms with van der Waals surface area (Å²) < 4.78 is 11.8. The van der Waals surface area contributed by atoms with E-state index in [2.05, 4.69) is 25.1 Å². The molecule has 0 radical (unpaired) electrons. The molecule has 1 amide bonds. The number of anilines is 1. The predicted octanol–water partition coefficient (Wildman–Crippen LogP) is 2.43.